The minimum Gasteiger partial charge on any atom is -0.346 e. The Morgan fingerprint density at radius 2 is 1.81 bits per heavy atom. The van der Waals surface area contributed by atoms with Gasteiger partial charge in [-0.25, -0.2) is 4.98 Å². The number of aromatic nitrogens is 3. The maximum atomic E-state index is 12.6. The predicted octanol–water partition coefficient (Wildman–Crippen LogP) is 5.37. The second-order valence-corrected chi connectivity index (χ2v) is 7.31. The molecule has 0 spiro atoms. The molecule has 0 saturated carbocycles. The van der Waals surface area contributed by atoms with E-state index in [1.54, 1.807) is 24.4 Å². The van der Waals surface area contributed by atoms with Crippen LogP contribution in [0.2, 0.25) is 5.02 Å². The molecule has 0 saturated heterocycles. The van der Waals surface area contributed by atoms with Gasteiger partial charge in [-0.1, -0.05) is 48.0 Å². The number of nitrogens with zero attached hydrogens (tertiary/aromatic N) is 3. The van der Waals surface area contributed by atoms with Crippen molar-refractivity contribution >= 4 is 39.2 Å². The van der Waals surface area contributed by atoms with Gasteiger partial charge in [0.2, 0.25) is 0 Å². The van der Waals surface area contributed by atoms with Gasteiger partial charge < -0.3 is 4.98 Å². The standard InChI is InChI=1S/C23H13ClN4O3/c24-16-12-15(11-14-7-4-9-25-20(14)16)18-21(13-5-2-1-3-6-13)27-23-19(22(18)28(30)31)17(29)8-10-26-23/h1-12H,(H,26,27,29). The number of pyridine rings is 3. The average Bonchev–Trinajstić information content (AvgIpc) is 2.78. The van der Waals surface area contributed by atoms with Crippen molar-refractivity contribution in [3.63, 3.8) is 0 Å². The van der Waals surface area contributed by atoms with Crippen molar-refractivity contribution in [3.05, 3.63) is 98.4 Å². The van der Waals surface area contributed by atoms with E-state index >= 15 is 0 Å². The molecule has 7 nitrogen and oxygen atoms in total. The average molecular weight is 429 g/mol. The fourth-order valence-corrected chi connectivity index (χ4v) is 4.02. The largest absolute Gasteiger partial charge is 0.346 e. The van der Waals surface area contributed by atoms with Gasteiger partial charge in [-0.15, -0.1) is 0 Å². The molecule has 0 bridgehead atoms. The van der Waals surface area contributed by atoms with Crippen molar-refractivity contribution in [2.45, 2.75) is 0 Å². The minimum absolute atomic E-state index is 0.0791. The van der Waals surface area contributed by atoms with Gasteiger partial charge in [-0.05, 0) is 23.8 Å². The van der Waals surface area contributed by atoms with Crippen molar-refractivity contribution in [2.75, 3.05) is 0 Å². The van der Waals surface area contributed by atoms with Gasteiger partial charge in [0.1, 0.15) is 11.0 Å². The number of benzene rings is 2. The fraction of sp³-hybridized carbons (Fsp3) is 0. The summed E-state index contributed by atoms with van der Waals surface area (Å²) >= 11 is 6.47. The summed E-state index contributed by atoms with van der Waals surface area (Å²) in [6.07, 6.45) is 3.05. The van der Waals surface area contributed by atoms with Crippen molar-refractivity contribution in [2.24, 2.45) is 0 Å². The zero-order valence-corrected chi connectivity index (χ0v) is 16.6. The van der Waals surface area contributed by atoms with E-state index in [4.69, 9.17) is 11.6 Å². The molecule has 150 valence electrons. The van der Waals surface area contributed by atoms with Crippen molar-refractivity contribution < 1.29 is 4.92 Å². The molecule has 3 heterocycles. The number of hydrogen-bond donors (Lipinski definition) is 1. The lowest BCUT2D eigenvalue weighted by Gasteiger charge is -2.13. The summed E-state index contributed by atoms with van der Waals surface area (Å²) in [7, 11) is 0. The Labute approximate surface area is 180 Å². The first kappa shape index (κ1) is 18.9. The summed E-state index contributed by atoms with van der Waals surface area (Å²) in [5.41, 5.74) is 1.70. The lowest BCUT2D eigenvalue weighted by Crippen LogP contribution is -2.08. The van der Waals surface area contributed by atoms with Crippen LogP contribution < -0.4 is 5.43 Å². The van der Waals surface area contributed by atoms with E-state index in [1.807, 2.05) is 36.4 Å². The molecule has 0 amide bonds. The van der Waals surface area contributed by atoms with E-state index in [0.29, 0.717) is 27.4 Å². The molecule has 3 aromatic heterocycles. The highest BCUT2D eigenvalue weighted by atomic mass is 35.5. The molecule has 0 fully saturated rings. The maximum Gasteiger partial charge on any atom is 0.294 e. The van der Waals surface area contributed by atoms with E-state index in [-0.39, 0.29) is 22.3 Å². The molecule has 0 unspecified atom stereocenters. The van der Waals surface area contributed by atoms with E-state index in [9.17, 15) is 14.9 Å². The van der Waals surface area contributed by atoms with Crippen molar-refractivity contribution in [1.29, 1.82) is 0 Å². The van der Waals surface area contributed by atoms with Crippen LogP contribution in [-0.2, 0) is 0 Å². The van der Waals surface area contributed by atoms with Gasteiger partial charge >= 0.3 is 0 Å². The summed E-state index contributed by atoms with van der Waals surface area (Å²) in [5, 5.41) is 13.3. The Bertz CT molecular complexity index is 1550. The third kappa shape index (κ3) is 3.12. The summed E-state index contributed by atoms with van der Waals surface area (Å²) in [5.74, 6) is 0. The van der Waals surface area contributed by atoms with Gasteiger partial charge in [-0.3, -0.25) is 19.9 Å². The predicted molar refractivity (Wildman–Crippen MR) is 120 cm³/mol. The first-order valence-corrected chi connectivity index (χ1v) is 9.72. The quantitative estimate of drug-likeness (QED) is 0.307. The first-order chi connectivity index (χ1) is 15.0. The van der Waals surface area contributed by atoms with Gasteiger partial charge in [0.25, 0.3) is 5.69 Å². The van der Waals surface area contributed by atoms with E-state index < -0.39 is 10.4 Å². The zero-order chi connectivity index (χ0) is 21.5. The fourth-order valence-electron chi connectivity index (χ4n) is 3.74. The van der Waals surface area contributed by atoms with Gasteiger partial charge in [0, 0.05) is 29.4 Å². The van der Waals surface area contributed by atoms with Crippen LogP contribution in [0, 0.1) is 10.1 Å². The van der Waals surface area contributed by atoms with Gasteiger partial charge in [-0.2, -0.15) is 0 Å². The van der Waals surface area contributed by atoms with Crippen molar-refractivity contribution in [3.8, 4) is 22.4 Å². The molecule has 1 N–H and O–H groups in total. The molecule has 0 radical (unpaired) electrons. The maximum absolute atomic E-state index is 12.6. The highest BCUT2D eigenvalue weighted by molar-refractivity contribution is 6.35. The van der Waals surface area contributed by atoms with Crippen LogP contribution in [0.25, 0.3) is 44.3 Å². The number of nitro groups is 1. The summed E-state index contributed by atoms with van der Waals surface area (Å²) in [6, 6.07) is 17.3. The summed E-state index contributed by atoms with van der Waals surface area (Å²) in [6.45, 7) is 0. The lowest BCUT2D eigenvalue weighted by molar-refractivity contribution is -0.382. The summed E-state index contributed by atoms with van der Waals surface area (Å²) in [4.78, 5) is 36.1. The number of hydrogen-bond acceptors (Lipinski definition) is 5. The highest BCUT2D eigenvalue weighted by Gasteiger charge is 2.28. The topological polar surface area (TPSA) is 102 Å². The smallest absolute Gasteiger partial charge is 0.294 e. The van der Waals surface area contributed by atoms with Crippen LogP contribution in [-0.4, -0.2) is 19.9 Å². The zero-order valence-electron chi connectivity index (χ0n) is 15.9. The highest BCUT2D eigenvalue weighted by Crippen LogP contribution is 2.42. The van der Waals surface area contributed by atoms with Gasteiger partial charge in [0.15, 0.2) is 5.43 Å². The molecular weight excluding hydrogens is 416 g/mol. The SMILES string of the molecule is O=c1cc[nH]c2nc(-c3ccccc3)c(-c3cc(Cl)c4ncccc4c3)c([N+](=O)[O-])c12. The molecule has 0 aliphatic heterocycles. The Morgan fingerprint density at radius 3 is 2.58 bits per heavy atom. The number of nitrogens with one attached hydrogen (secondary N) is 1. The van der Waals surface area contributed by atoms with E-state index in [2.05, 4.69) is 15.0 Å². The van der Waals surface area contributed by atoms with Crippen LogP contribution in [0.3, 0.4) is 0 Å². The van der Waals surface area contributed by atoms with Crippen LogP contribution in [0.1, 0.15) is 0 Å². The van der Waals surface area contributed by atoms with Gasteiger partial charge in [0.05, 0.1) is 26.7 Å². The van der Waals surface area contributed by atoms with Crippen LogP contribution >= 0.6 is 11.6 Å². The number of rotatable bonds is 3. The number of aromatic amines is 1. The van der Waals surface area contributed by atoms with Crippen LogP contribution in [0.5, 0.6) is 0 Å². The van der Waals surface area contributed by atoms with Crippen LogP contribution in [0.15, 0.2) is 77.9 Å². The molecule has 5 rings (SSSR count). The third-order valence-corrected chi connectivity index (χ3v) is 5.34. The molecule has 5 aromatic rings. The molecule has 0 atom stereocenters. The Morgan fingerprint density at radius 1 is 1.00 bits per heavy atom. The first-order valence-electron chi connectivity index (χ1n) is 9.34. The molecule has 31 heavy (non-hydrogen) atoms. The van der Waals surface area contributed by atoms with E-state index in [1.165, 1.54) is 12.3 Å². The number of fused-ring (bicyclic) bond motifs is 2. The molecular formula is C23H13ClN4O3. The second kappa shape index (κ2) is 7.30. The van der Waals surface area contributed by atoms with E-state index in [0.717, 1.165) is 5.39 Å². The molecule has 8 heteroatoms. The molecule has 0 aliphatic rings. The number of halogens is 1. The normalized spacial score (nSPS) is 11.1. The Kier molecular flexibility index (Phi) is 4.45. The second-order valence-electron chi connectivity index (χ2n) is 6.91. The lowest BCUT2D eigenvalue weighted by atomic mass is 9.95. The minimum atomic E-state index is -0.539. The Balaban J connectivity index is 1.99. The van der Waals surface area contributed by atoms with Crippen molar-refractivity contribution in [1.82, 2.24) is 15.0 Å². The Hall–Kier alpha value is -4.10. The summed E-state index contributed by atoms with van der Waals surface area (Å²) < 4.78 is 0. The monoisotopic (exact) mass is 428 g/mol. The number of H-pyrrole nitrogens is 1. The molecule has 0 aliphatic carbocycles. The van der Waals surface area contributed by atoms with Crippen LogP contribution in [0.4, 0.5) is 5.69 Å². The molecule has 2 aromatic carbocycles. The third-order valence-electron chi connectivity index (χ3n) is 5.05.